The monoisotopic (exact) mass is 362 g/mol. The van der Waals surface area contributed by atoms with Crippen molar-refractivity contribution >= 4 is 11.6 Å². The van der Waals surface area contributed by atoms with Crippen molar-refractivity contribution < 1.29 is 14.3 Å². The zero-order valence-electron chi connectivity index (χ0n) is 16.0. The summed E-state index contributed by atoms with van der Waals surface area (Å²) >= 11 is 0. The van der Waals surface area contributed by atoms with Crippen molar-refractivity contribution in [3.63, 3.8) is 0 Å². The molecule has 3 heteroatoms. The molecule has 3 nitrogen and oxygen atoms in total. The second-order valence-electron chi connectivity index (χ2n) is 9.72. The molecule has 0 N–H and O–H groups in total. The molecule has 0 radical (unpaired) electrons. The zero-order valence-corrected chi connectivity index (χ0v) is 16.0. The summed E-state index contributed by atoms with van der Waals surface area (Å²) in [5.74, 6) is 1.36. The summed E-state index contributed by atoms with van der Waals surface area (Å²) in [6, 6.07) is 8.29. The van der Waals surface area contributed by atoms with E-state index in [2.05, 4.69) is 31.2 Å². The van der Waals surface area contributed by atoms with Gasteiger partial charge in [0.2, 0.25) is 0 Å². The Bertz CT molecular complexity index is 899. The first-order valence-corrected chi connectivity index (χ1v) is 10.4. The Morgan fingerprint density at radius 1 is 0.926 bits per heavy atom. The molecule has 5 aliphatic carbocycles. The number of ether oxygens (including phenoxy) is 1. The summed E-state index contributed by atoms with van der Waals surface area (Å²) in [6.07, 6.45) is 10.0. The Hall–Kier alpha value is -1.90. The minimum absolute atomic E-state index is 0.00340. The van der Waals surface area contributed by atoms with Gasteiger partial charge in [-0.15, -0.1) is 0 Å². The lowest BCUT2D eigenvalue weighted by Gasteiger charge is -2.50. The number of fused-ring (bicyclic) bond motifs is 3. The van der Waals surface area contributed by atoms with Crippen molar-refractivity contribution in [2.24, 2.45) is 34.5 Å². The van der Waals surface area contributed by atoms with Gasteiger partial charge >= 0.3 is 0 Å². The summed E-state index contributed by atoms with van der Waals surface area (Å²) < 4.78 is 5.37. The Morgan fingerprint density at radius 2 is 1.59 bits per heavy atom. The quantitative estimate of drug-likeness (QED) is 0.744. The van der Waals surface area contributed by atoms with Gasteiger partial charge < -0.3 is 4.74 Å². The van der Waals surface area contributed by atoms with Crippen molar-refractivity contribution in [3.8, 4) is 5.75 Å². The van der Waals surface area contributed by atoms with Crippen LogP contribution in [0.15, 0.2) is 36.4 Å². The molecule has 27 heavy (non-hydrogen) atoms. The summed E-state index contributed by atoms with van der Waals surface area (Å²) in [7, 11) is 1.68. The van der Waals surface area contributed by atoms with Gasteiger partial charge in [0.15, 0.2) is 0 Å². The summed E-state index contributed by atoms with van der Waals surface area (Å²) in [4.78, 5) is 27.0. The van der Waals surface area contributed by atoms with Gasteiger partial charge in [-0.2, -0.15) is 0 Å². The van der Waals surface area contributed by atoms with Crippen LogP contribution in [0.4, 0.5) is 0 Å². The average Bonchev–Trinajstić information content (AvgIpc) is 3.42. The number of hydrogen-bond acceptors (Lipinski definition) is 3. The topological polar surface area (TPSA) is 43.4 Å². The first-order chi connectivity index (χ1) is 13.0. The Labute approximate surface area is 160 Å². The van der Waals surface area contributed by atoms with Gasteiger partial charge in [-0.1, -0.05) is 44.1 Å². The van der Waals surface area contributed by atoms with Crippen LogP contribution in [0.1, 0.15) is 44.6 Å². The minimum atomic E-state index is -0.343. The van der Waals surface area contributed by atoms with E-state index in [1.807, 2.05) is 12.1 Å². The number of methoxy groups -OCH3 is 1. The van der Waals surface area contributed by atoms with Crippen LogP contribution in [0.25, 0.3) is 0 Å². The van der Waals surface area contributed by atoms with Gasteiger partial charge in [0.25, 0.3) is 0 Å². The Balaban J connectivity index is 1.62. The highest BCUT2D eigenvalue weighted by Crippen LogP contribution is 2.80. The van der Waals surface area contributed by atoms with Crippen LogP contribution in [0.2, 0.25) is 0 Å². The van der Waals surface area contributed by atoms with Crippen LogP contribution >= 0.6 is 0 Å². The summed E-state index contributed by atoms with van der Waals surface area (Å²) in [6.45, 7) is 2.38. The third-order valence-corrected chi connectivity index (χ3v) is 9.18. The minimum Gasteiger partial charge on any atom is -0.497 e. The van der Waals surface area contributed by atoms with Gasteiger partial charge in [0.1, 0.15) is 17.3 Å². The van der Waals surface area contributed by atoms with Gasteiger partial charge in [-0.3, -0.25) is 9.59 Å². The SMILES string of the molecule is COc1ccc([C@]23C=C[C@@]4(CCCC[C@]24C)[C@H]2C(=O)[C@@H]4C[C@@H]4C(=O)[C@H]23)cc1. The maximum atomic E-state index is 13.6. The Kier molecular flexibility index (Phi) is 2.82. The predicted molar refractivity (Wildman–Crippen MR) is 101 cm³/mol. The standard InChI is InChI=1S/C24H26O3/c1-22-9-3-4-10-23(22)11-12-24(22,14-5-7-15(27-2)8-6-14)19-18(23)20(25)16-13-17(16)21(19)26/h5-8,11-12,16-19H,3-4,9-10,13H2,1-2H3/t16-,17+,18-,19+,22+,23+,24+/m1/s1. The number of allylic oxidation sites excluding steroid dienone is 2. The molecule has 0 unspecified atom stereocenters. The first kappa shape index (κ1) is 16.1. The van der Waals surface area contributed by atoms with E-state index in [9.17, 15) is 9.59 Å². The second-order valence-corrected chi connectivity index (χ2v) is 9.72. The van der Waals surface area contributed by atoms with E-state index < -0.39 is 0 Å². The molecule has 6 rings (SSSR count). The van der Waals surface area contributed by atoms with Crippen LogP contribution in [-0.2, 0) is 15.0 Å². The van der Waals surface area contributed by atoms with Gasteiger partial charge in [-0.25, -0.2) is 0 Å². The molecule has 0 aliphatic heterocycles. The van der Waals surface area contributed by atoms with Crippen molar-refractivity contribution in [3.05, 3.63) is 42.0 Å². The molecule has 5 aliphatic rings. The fourth-order valence-electron chi connectivity index (χ4n) is 7.89. The normalized spacial score (nSPS) is 48.8. The molecule has 4 fully saturated rings. The fourth-order valence-corrected chi connectivity index (χ4v) is 7.89. The number of Topliss-reactive ketones (excluding diaryl/α,β-unsaturated/α-hetero) is 2. The lowest BCUT2D eigenvalue weighted by atomic mass is 9.52. The molecule has 4 saturated carbocycles. The smallest absolute Gasteiger partial charge is 0.141 e. The molecule has 7 atom stereocenters. The van der Waals surface area contributed by atoms with Gasteiger partial charge in [0.05, 0.1) is 7.11 Å². The molecule has 0 saturated heterocycles. The van der Waals surface area contributed by atoms with E-state index in [1.54, 1.807) is 7.11 Å². The molecule has 0 spiro atoms. The second kappa shape index (κ2) is 4.74. The highest BCUT2D eigenvalue weighted by atomic mass is 16.5. The fraction of sp³-hybridized carbons (Fsp3) is 0.583. The molecule has 0 aromatic heterocycles. The van der Waals surface area contributed by atoms with Crippen molar-refractivity contribution in [2.45, 2.75) is 44.4 Å². The number of carbonyl (C=O) groups is 2. The van der Waals surface area contributed by atoms with Crippen LogP contribution in [0, 0.1) is 34.5 Å². The van der Waals surface area contributed by atoms with E-state index >= 15 is 0 Å². The molecular weight excluding hydrogens is 336 g/mol. The maximum absolute atomic E-state index is 13.6. The lowest BCUT2D eigenvalue weighted by Crippen LogP contribution is -2.48. The van der Waals surface area contributed by atoms with E-state index in [0.717, 1.165) is 31.4 Å². The number of rotatable bonds is 2. The van der Waals surface area contributed by atoms with E-state index in [-0.39, 0.29) is 39.9 Å². The van der Waals surface area contributed by atoms with Crippen molar-refractivity contribution in [1.29, 1.82) is 0 Å². The highest BCUT2D eigenvalue weighted by Gasteiger charge is 2.81. The summed E-state index contributed by atoms with van der Waals surface area (Å²) in [5, 5.41) is 0. The average molecular weight is 362 g/mol. The predicted octanol–water partition coefficient (Wildman–Crippen LogP) is 4.10. The van der Waals surface area contributed by atoms with Gasteiger partial charge in [0, 0.05) is 34.5 Å². The largest absolute Gasteiger partial charge is 0.497 e. The number of carbonyl (C=O) groups excluding carboxylic acids is 2. The van der Waals surface area contributed by atoms with Crippen molar-refractivity contribution in [2.75, 3.05) is 7.11 Å². The first-order valence-electron chi connectivity index (χ1n) is 10.4. The van der Waals surface area contributed by atoms with E-state index in [0.29, 0.717) is 11.6 Å². The van der Waals surface area contributed by atoms with E-state index in [1.165, 1.54) is 12.0 Å². The molecule has 1 aromatic rings. The Morgan fingerprint density at radius 3 is 2.30 bits per heavy atom. The summed E-state index contributed by atoms with van der Waals surface area (Å²) in [5.41, 5.74) is 0.670. The molecule has 140 valence electrons. The van der Waals surface area contributed by atoms with E-state index in [4.69, 9.17) is 4.74 Å². The number of ketones is 2. The molecular formula is C24H26O3. The van der Waals surface area contributed by atoms with Crippen LogP contribution in [0.5, 0.6) is 5.75 Å². The molecule has 0 heterocycles. The third-order valence-electron chi connectivity index (χ3n) is 9.18. The molecule has 2 bridgehead atoms. The van der Waals surface area contributed by atoms with Crippen molar-refractivity contribution in [1.82, 2.24) is 0 Å². The number of benzene rings is 1. The maximum Gasteiger partial charge on any atom is 0.141 e. The molecule has 0 amide bonds. The highest BCUT2D eigenvalue weighted by molar-refractivity contribution is 6.06. The zero-order chi connectivity index (χ0) is 18.6. The molecule has 1 aromatic carbocycles. The van der Waals surface area contributed by atoms with Crippen LogP contribution < -0.4 is 4.74 Å². The van der Waals surface area contributed by atoms with Gasteiger partial charge in [-0.05, 0) is 42.4 Å². The number of hydrogen-bond donors (Lipinski definition) is 0. The van der Waals surface area contributed by atoms with Crippen LogP contribution in [0.3, 0.4) is 0 Å². The third kappa shape index (κ3) is 1.52. The lowest BCUT2D eigenvalue weighted by molar-refractivity contribution is -0.141. The van der Waals surface area contributed by atoms with Crippen LogP contribution in [-0.4, -0.2) is 18.7 Å².